The highest BCUT2D eigenvalue weighted by molar-refractivity contribution is 5.76. The maximum absolute atomic E-state index is 11.7. The summed E-state index contributed by atoms with van der Waals surface area (Å²) in [6.07, 6.45) is 5.86. The number of hydrogen-bond donors (Lipinski definition) is 0. The lowest BCUT2D eigenvalue weighted by Crippen LogP contribution is -2.41. The molecule has 0 radical (unpaired) electrons. The number of nitrogens with zero attached hydrogens (tertiary/aromatic N) is 1. The molecule has 0 saturated heterocycles. The predicted molar refractivity (Wildman–Crippen MR) is 67.4 cm³/mol. The Morgan fingerprint density at radius 2 is 2.12 bits per heavy atom. The van der Waals surface area contributed by atoms with Crippen LogP contribution in [0.3, 0.4) is 0 Å². The Hall–Kier alpha value is -1.79. The Bertz CT molecular complexity index is 394. The summed E-state index contributed by atoms with van der Waals surface area (Å²) in [7, 11) is 3.22. The smallest absolute Gasteiger partial charge is 0.323 e. The van der Waals surface area contributed by atoms with Gasteiger partial charge in [-0.05, 0) is 19.0 Å². The van der Waals surface area contributed by atoms with E-state index < -0.39 is 0 Å². The molecule has 0 saturated carbocycles. The van der Waals surface area contributed by atoms with Crippen LogP contribution >= 0.6 is 0 Å². The molecule has 3 nitrogen and oxygen atoms in total. The lowest BCUT2D eigenvalue weighted by molar-refractivity contribution is -0.146. The molecule has 1 rings (SSSR count). The number of carbonyl (C=O) groups excluding carboxylic acids is 1. The van der Waals surface area contributed by atoms with Gasteiger partial charge in [-0.2, -0.15) is 0 Å². The van der Waals surface area contributed by atoms with Gasteiger partial charge >= 0.3 is 5.97 Å². The van der Waals surface area contributed by atoms with Crippen molar-refractivity contribution >= 4 is 5.97 Å². The molecule has 1 aromatic carbocycles. The Morgan fingerprint density at radius 1 is 1.47 bits per heavy atom. The van der Waals surface area contributed by atoms with Crippen molar-refractivity contribution in [3.05, 3.63) is 35.9 Å². The number of benzene rings is 1. The minimum Gasteiger partial charge on any atom is -0.468 e. The second-order valence-corrected chi connectivity index (χ2v) is 3.85. The van der Waals surface area contributed by atoms with Crippen LogP contribution in [0.4, 0.5) is 0 Å². The molecule has 0 amide bonds. The van der Waals surface area contributed by atoms with Gasteiger partial charge in [-0.25, -0.2) is 0 Å². The summed E-state index contributed by atoms with van der Waals surface area (Å²) in [6, 6.07) is 9.48. The SMILES string of the molecule is C#CCN(C)[C@@H](Cc1ccccc1)C(=O)OC. The van der Waals surface area contributed by atoms with Gasteiger partial charge in [0, 0.05) is 0 Å². The van der Waals surface area contributed by atoms with Crippen LogP contribution in [0, 0.1) is 12.3 Å². The molecule has 0 spiro atoms. The normalized spacial score (nSPS) is 11.9. The molecule has 1 atom stereocenters. The Labute approximate surface area is 102 Å². The van der Waals surface area contributed by atoms with Crippen molar-refractivity contribution in [2.75, 3.05) is 20.7 Å². The van der Waals surface area contributed by atoms with Gasteiger partial charge in [0.2, 0.25) is 0 Å². The van der Waals surface area contributed by atoms with Gasteiger partial charge in [0.15, 0.2) is 0 Å². The monoisotopic (exact) mass is 231 g/mol. The average Bonchev–Trinajstić information content (AvgIpc) is 2.36. The number of methoxy groups -OCH3 is 1. The molecular formula is C14H17NO2. The average molecular weight is 231 g/mol. The van der Waals surface area contributed by atoms with E-state index in [1.807, 2.05) is 42.3 Å². The third-order valence-corrected chi connectivity index (χ3v) is 2.62. The highest BCUT2D eigenvalue weighted by atomic mass is 16.5. The fourth-order valence-corrected chi connectivity index (χ4v) is 1.65. The zero-order chi connectivity index (χ0) is 12.7. The third-order valence-electron chi connectivity index (χ3n) is 2.62. The predicted octanol–water partition coefficient (Wildman–Crippen LogP) is 1.34. The zero-order valence-electron chi connectivity index (χ0n) is 10.2. The van der Waals surface area contributed by atoms with Gasteiger partial charge in [0.1, 0.15) is 6.04 Å². The summed E-state index contributed by atoms with van der Waals surface area (Å²) in [6.45, 7) is 0.423. The van der Waals surface area contributed by atoms with Gasteiger partial charge in [-0.1, -0.05) is 36.3 Å². The molecule has 0 aliphatic heterocycles. The van der Waals surface area contributed by atoms with Crippen LogP contribution < -0.4 is 0 Å². The van der Waals surface area contributed by atoms with Crippen molar-refractivity contribution in [1.29, 1.82) is 0 Å². The minimum absolute atomic E-state index is 0.258. The number of terminal acetylenes is 1. The van der Waals surface area contributed by atoms with Gasteiger partial charge in [0.25, 0.3) is 0 Å². The van der Waals surface area contributed by atoms with Crippen molar-refractivity contribution in [2.24, 2.45) is 0 Å². The Morgan fingerprint density at radius 3 is 2.65 bits per heavy atom. The van der Waals surface area contributed by atoms with E-state index in [-0.39, 0.29) is 12.0 Å². The number of carbonyl (C=O) groups is 1. The topological polar surface area (TPSA) is 29.5 Å². The van der Waals surface area contributed by atoms with Crippen LogP contribution in [-0.2, 0) is 16.0 Å². The summed E-state index contributed by atoms with van der Waals surface area (Å²) in [5, 5.41) is 0. The standard InChI is InChI=1S/C14H17NO2/c1-4-10-15(2)13(14(16)17-3)11-12-8-6-5-7-9-12/h1,5-9,13H,10-11H2,2-3H3/t13-/m0/s1. The summed E-state index contributed by atoms with van der Waals surface area (Å²) >= 11 is 0. The molecule has 17 heavy (non-hydrogen) atoms. The second-order valence-electron chi connectivity index (χ2n) is 3.85. The van der Waals surface area contributed by atoms with E-state index >= 15 is 0 Å². The lowest BCUT2D eigenvalue weighted by atomic mass is 10.1. The van der Waals surface area contributed by atoms with E-state index in [4.69, 9.17) is 11.2 Å². The number of likely N-dealkylation sites (N-methyl/N-ethyl adjacent to an activating group) is 1. The van der Waals surface area contributed by atoms with E-state index in [9.17, 15) is 4.79 Å². The van der Waals surface area contributed by atoms with Gasteiger partial charge < -0.3 is 4.74 Å². The van der Waals surface area contributed by atoms with Crippen LogP contribution in [0.25, 0.3) is 0 Å². The molecule has 0 aromatic heterocycles. The van der Waals surface area contributed by atoms with Crippen molar-refractivity contribution in [1.82, 2.24) is 4.90 Å². The van der Waals surface area contributed by atoms with E-state index in [0.29, 0.717) is 13.0 Å². The molecule has 0 aliphatic rings. The maximum Gasteiger partial charge on any atom is 0.323 e. The lowest BCUT2D eigenvalue weighted by Gasteiger charge is -2.23. The first-order valence-electron chi connectivity index (χ1n) is 5.44. The molecule has 0 N–H and O–H groups in total. The molecular weight excluding hydrogens is 214 g/mol. The molecule has 0 unspecified atom stereocenters. The van der Waals surface area contributed by atoms with Crippen LogP contribution in [0.1, 0.15) is 5.56 Å². The molecule has 0 fully saturated rings. The van der Waals surface area contributed by atoms with E-state index in [1.165, 1.54) is 7.11 Å². The quantitative estimate of drug-likeness (QED) is 0.565. The second kappa shape index (κ2) is 6.72. The number of hydrogen-bond acceptors (Lipinski definition) is 3. The molecule has 0 bridgehead atoms. The van der Waals surface area contributed by atoms with Crippen LogP contribution in [-0.4, -0.2) is 37.6 Å². The maximum atomic E-state index is 11.7. The van der Waals surface area contributed by atoms with Crippen molar-refractivity contribution in [2.45, 2.75) is 12.5 Å². The Kier molecular flexibility index (Phi) is 5.25. The molecule has 0 aliphatic carbocycles. The van der Waals surface area contributed by atoms with Gasteiger partial charge in [0.05, 0.1) is 13.7 Å². The molecule has 0 heterocycles. The van der Waals surface area contributed by atoms with Crippen molar-refractivity contribution in [3.8, 4) is 12.3 Å². The third kappa shape index (κ3) is 3.93. The van der Waals surface area contributed by atoms with Crippen molar-refractivity contribution in [3.63, 3.8) is 0 Å². The largest absolute Gasteiger partial charge is 0.468 e. The van der Waals surface area contributed by atoms with E-state index in [1.54, 1.807) is 0 Å². The molecule has 3 heteroatoms. The zero-order valence-corrected chi connectivity index (χ0v) is 10.2. The van der Waals surface area contributed by atoms with Crippen LogP contribution in [0.15, 0.2) is 30.3 Å². The molecule has 90 valence electrons. The Balaban J connectivity index is 2.78. The fourth-order valence-electron chi connectivity index (χ4n) is 1.65. The van der Waals surface area contributed by atoms with Crippen molar-refractivity contribution < 1.29 is 9.53 Å². The first kappa shape index (κ1) is 13.3. The highest BCUT2D eigenvalue weighted by Crippen LogP contribution is 2.09. The molecule has 1 aromatic rings. The summed E-state index contributed by atoms with van der Waals surface area (Å²) < 4.78 is 4.80. The van der Waals surface area contributed by atoms with Crippen LogP contribution in [0.5, 0.6) is 0 Å². The number of rotatable bonds is 5. The minimum atomic E-state index is -0.335. The highest BCUT2D eigenvalue weighted by Gasteiger charge is 2.23. The van der Waals surface area contributed by atoms with Crippen LogP contribution in [0.2, 0.25) is 0 Å². The first-order valence-corrected chi connectivity index (χ1v) is 5.44. The number of ether oxygens (including phenoxy) is 1. The van der Waals surface area contributed by atoms with E-state index in [2.05, 4.69) is 5.92 Å². The summed E-state index contributed by atoms with van der Waals surface area (Å²) in [5.41, 5.74) is 1.09. The van der Waals surface area contributed by atoms with Gasteiger partial charge in [-0.15, -0.1) is 6.42 Å². The van der Waals surface area contributed by atoms with Gasteiger partial charge in [-0.3, -0.25) is 9.69 Å². The fraction of sp³-hybridized carbons (Fsp3) is 0.357. The first-order chi connectivity index (χ1) is 8.19. The summed E-state index contributed by atoms with van der Waals surface area (Å²) in [5.74, 6) is 2.27. The summed E-state index contributed by atoms with van der Waals surface area (Å²) in [4.78, 5) is 13.5. The number of esters is 1. The van der Waals surface area contributed by atoms with E-state index in [0.717, 1.165) is 5.56 Å².